The van der Waals surface area contributed by atoms with Crippen LogP contribution in [0.4, 0.5) is 5.95 Å². The van der Waals surface area contributed by atoms with Gasteiger partial charge in [-0.1, -0.05) is 0 Å². The Morgan fingerprint density at radius 3 is 2.64 bits per heavy atom. The molecule has 2 aromatic rings. The minimum atomic E-state index is -2.53. The molecule has 2 aromatic heterocycles. The van der Waals surface area contributed by atoms with E-state index in [4.69, 9.17) is 0 Å². The van der Waals surface area contributed by atoms with E-state index < -0.39 is 16.5 Å². The van der Waals surface area contributed by atoms with Crippen LogP contribution < -0.4 is 10.9 Å². The molecule has 28 heavy (non-hydrogen) atoms. The minimum absolute atomic E-state index is 0.0714. The highest BCUT2D eigenvalue weighted by Gasteiger charge is 2.39. The molecule has 0 radical (unpaired) electrons. The Labute approximate surface area is 164 Å². The maximum atomic E-state index is 12.6. The van der Waals surface area contributed by atoms with Crippen LogP contribution in [0.15, 0.2) is 23.1 Å². The van der Waals surface area contributed by atoms with E-state index in [-0.39, 0.29) is 17.6 Å². The summed E-state index contributed by atoms with van der Waals surface area (Å²) in [6.07, 6.45) is 5.25. The molecule has 10 heteroatoms. The number of rotatable bonds is 4. The molecule has 152 valence electrons. The SMILES string of the molecule is C[C@@]1(O)CCC[C@H]1n1c(=O)ccc2cnc(NC3CCN([SH](=O)=O)CC3)nc21. The summed E-state index contributed by atoms with van der Waals surface area (Å²) in [6, 6.07) is 2.95. The second-order valence-corrected chi connectivity index (χ2v) is 8.93. The van der Waals surface area contributed by atoms with Crippen molar-refractivity contribution in [2.45, 2.75) is 56.7 Å². The number of hydrogen-bond donors (Lipinski definition) is 3. The Morgan fingerprint density at radius 2 is 2.00 bits per heavy atom. The average molecular weight is 407 g/mol. The van der Waals surface area contributed by atoms with Crippen LogP contribution in [-0.4, -0.2) is 57.1 Å². The number of nitrogens with one attached hydrogen (secondary N) is 1. The topological polar surface area (TPSA) is 117 Å². The van der Waals surface area contributed by atoms with Crippen LogP contribution in [0.1, 0.15) is 45.1 Å². The van der Waals surface area contributed by atoms with Crippen LogP contribution >= 0.6 is 0 Å². The third-order valence-electron chi connectivity index (χ3n) is 5.89. The molecule has 0 unspecified atom stereocenters. The van der Waals surface area contributed by atoms with Gasteiger partial charge < -0.3 is 10.4 Å². The summed E-state index contributed by atoms with van der Waals surface area (Å²) in [4.78, 5) is 21.6. The molecule has 1 aliphatic carbocycles. The maximum Gasteiger partial charge on any atom is 0.252 e. The van der Waals surface area contributed by atoms with E-state index in [1.807, 2.05) is 0 Å². The van der Waals surface area contributed by atoms with Gasteiger partial charge in [0.15, 0.2) is 0 Å². The number of nitrogens with zero attached hydrogens (tertiary/aromatic N) is 4. The largest absolute Gasteiger partial charge is 0.388 e. The molecule has 1 saturated heterocycles. The van der Waals surface area contributed by atoms with Crippen molar-refractivity contribution in [1.82, 2.24) is 18.8 Å². The van der Waals surface area contributed by atoms with E-state index in [1.165, 1.54) is 10.4 Å². The lowest BCUT2D eigenvalue weighted by atomic mass is 10.00. The Hall–Kier alpha value is -2.04. The van der Waals surface area contributed by atoms with Crippen LogP contribution in [0, 0.1) is 0 Å². The highest BCUT2D eigenvalue weighted by atomic mass is 32.2. The number of hydrogen-bond acceptors (Lipinski definition) is 7. The molecule has 0 aromatic carbocycles. The smallest absolute Gasteiger partial charge is 0.252 e. The van der Waals surface area contributed by atoms with Crippen molar-refractivity contribution in [1.29, 1.82) is 0 Å². The predicted octanol–water partition coefficient (Wildman–Crippen LogP) is 0.670. The molecule has 1 aliphatic heterocycles. The van der Waals surface area contributed by atoms with Gasteiger partial charge in [-0.05, 0) is 45.1 Å². The van der Waals surface area contributed by atoms with Gasteiger partial charge in [0.05, 0.1) is 11.6 Å². The Bertz CT molecular complexity index is 1000. The van der Waals surface area contributed by atoms with Crippen LogP contribution in [0.3, 0.4) is 0 Å². The summed E-state index contributed by atoms with van der Waals surface area (Å²) >= 11 is 0. The molecule has 2 aliphatic rings. The fourth-order valence-corrected chi connectivity index (χ4v) is 4.86. The zero-order valence-electron chi connectivity index (χ0n) is 15.7. The van der Waals surface area contributed by atoms with Gasteiger partial charge in [-0.2, -0.15) is 4.98 Å². The molecule has 0 spiro atoms. The second-order valence-electron chi connectivity index (χ2n) is 7.89. The Balaban J connectivity index is 1.63. The van der Waals surface area contributed by atoms with E-state index in [2.05, 4.69) is 15.3 Å². The van der Waals surface area contributed by atoms with Gasteiger partial charge in [-0.15, -0.1) is 0 Å². The number of piperidine rings is 1. The molecular weight excluding hydrogens is 382 g/mol. The van der Waals surface area contributed by atoms with Gasteiger partial charge in [-0.3, -0.25) is 9.36 Å². The van der Waals surface area contributed by atoms with Gasteiger partial charge in [0.1, 0.15) is 5.65 Å². The fourth-order valence-electron chi connectivity index (χ4n) is 4.30. The van der Waals surface area contributed by atoms with Gasteiger partial charge >= 0.3 is 0 Å². The first-order valence-corrected chi connectivity index (χ1v) is 10.7. The highest BCUT2D eigenvalue weighted by Crippen LogP contribution is 2.39. The molecule has 1 saturated carbocycles. The summed E-state index contributed by atoms with van der Waals surface area (Å²) in [6.45, 7) is 2.71. The summed E-state index contributed by atoms with van der Waals surface area (Å²) in [5.41, 5.74) is -0.618. The number of fused-ring (bicyclic) bond motifs is 1. The standard InChI is InChI=1S/C18H25N5O4S/c1-18(25)8-2-3-14(18)23-15(24)5-4-12-11-19-17(21-16(12)23)20-13-6-9-22(10-7-13)28(26)27/h4-5,11,13-14,25,28H,2-3,6-10H2,1H3,(H,19,20,21)/t14-,18-/m1/s1. The van der Waals surface area contributed by atoms with Gasteiger partial charge in [0.2, 0.25) is 16.8 Å². The number of aromatic nitrogens is 3. The van der Waals surface area contributed by atoms with Gasteiger partial charge in [-0.25, -0.2) is 17.7 Å². The molecule has 4 rings (SSSR count). The average Bonchev–Trinajstić information content (AvgIpc) is 3.01. The van der Waals surface area contributed by atoms with Crippen molar-refractivity contribution in [2.24, 2.45) is 0 Å². The lowest BCUT2D eigenvalue weighted by Crippen LogP contribution is -2.39. The van der Waals surface area contributed by atoms with Crippen LogP contribution in [-0.2, 0) is 10.9 Å². The lowest BCUT2D eigenvalue weighted by Gasteiger charge is -2.29. The zero-order valence-corrected chi connectivity index (χ0v) is 16.6. The lowest BCUT2D eigenvalue weighted by molar-refractivity contribution is 0.0267. The monoisotopic (exact) mass is 407 g/mol. The van der Waals surface area contributed by atoms with E-state index in [0.717, 1.165) is 18.2 Å². The molecular formula is C18H25N5O4S. The summed E-state index contributed by atoms with van der Waals surface area (Å²) in [5.74, 6) is 0.412. The predicted molar refractivity (Wildman–Crippen MR) is 106 cm³/mol. The van der Waals surface area contributed by atoms with Crippen LogP contribution in [0.2, 0.25) is 0 Å². The number of aliphatic hydroxyl groups is 1. The van der Waals surface area contributed by atoms with Crippen LogP contribution in [0.5, 0.6) is 0 Å². The van der Waals surface area contributed by atoms with Crippen molar-refractivity contribution in [3.8, 4) is 0 Å². The first kappa shape index (κ1) is 19.3. The van der Waals surface area contributed by atoms with Crippen LogP contribution in [0.25, 0.3) is 11.0 Å². The van der Waals surface area contributed by atoms with E-state index in [9.17, 15) is 18.3 Å². The maximum absolute atomic E-state index is 12.6. The van der Waals surface area contributed by atoms with Crippen molar-refractivity contribution < 1.29 is 13.5 Å². The van der Waals surface area contributed by atoms with Crippen molar-refractivity contribution in [3.63, 3.8) is 0 Å². The van der Waals surface area contributed by atoms with Crippen molar-refractivity contribution in [3.05, 3.63) is 28.7 Å². The van der Waals surface area contributed by atoms with E-state index in [1.54, 1.807) is 23.8 Å². The summed E-state index contributed by atoms with van der Waals surface area (Å²) < 4.78 is 25.2. The molecule has 9 nitrogen and oxygen atoms in total. The molecule has 2 N–H and O–H groups in total. The first-order valence-electron chi connectivity index (χ1n) is 9.61. The quantitative estimate of drug-likeness (QED) is 0.638. The molecule has 0 bridgehead atoms. The van der Waals surface area contributed by atoms with Gasteiger partial charge in [0, 0.05) is 36.8 Å². The third-order valence-corrected chi connectivity index (χ3v) is 6.75. The Kier molecular flexibility index (Phi) is 5.11. The highest BCUT2D eigenvalue weighted by molar-refractivity contribution is 7.69. The number of thiol groups is 1. The fraction of sp³-hybridized carbons (Fsp3) is 0.611. The normalized spacial score (nSPS) is 26.9. The Morgan fingerprint density at radius 1 is 1.25 bits per heavy atom. The van der Waals surface area contributed by atoms with E-state index in [0.29, 0.717) is 43.9 Å². The molecule has 3 heterocycles. The zero-order chi connectivity index (χ0) is 19.9. The van der Waals surface area contributed by atoms with Crippen molar-refractivity contribution in [2.75, 3.05) is 18.4 Å². The van der Waals surface area contributed by atoms with Crippen molar-refractivity contribution >= 4 is 27.9 Å². The number of anilines is 1. The third kappa shape index (κ3) is 3.63. The first-order chi connectivity index (χ1) is 13.3. The molecule has 2 fully saturated rings. The number of pyridine rings is 1. The summed E-state index contributed by atoms with van der Waals surface area (Å²) in [7, 11) is -2.53. The van der Waals surface area contributed by atoms with E-state index >= 15 is 0 Å². The minimum Gasteiger partial charge on any atom is -0.388 e. The summed E-state index contributed by atoms with van der Waals surface area (Å²) in [5, 5.41) is 14.7. The molecule has 2 atom stereocenters. The van der Waals surface area contributed by atoms with Gasteiger partial charge in [0.25, 0.3) is 5.56 Å². The second kappa shape index (κ2) is 7.41. The molecule has 0 amide bonds.